The Bertz CT molecular complexity index is 1700. The summed E-state index contributed by atoms with van der Waals surface area (Å²) in [6.45, 7) is 9.73. The smallest absolute Gasteiger partial charge is 0.414 e. The summed E-state index contributed by atoms with van der Waals surface area (Å²) in [6, 6.07) is 14.0. The number of ether oxygens (including phenoxy) is 2. The van der Waals surface area contributed by atoms with Gasteiger partial charge in [-0.3, -0.25) is 5.32 Å². The molecule has 49 heavy (non-hydrogen) atoms. The standard InChI is InChI=1S/C37H43F2N5O5/c1-24-19-25(2)34(26(3)20-24)48-37(45)42-33-22-32(39)41-36(44(33)23-28-10-7-9-27-13-18-47-49-35(27)28)40-29-11-12-31(30(38)21-29)46-17-8-16-43-14-5-4-6-15-43/h7,9-12,19-22,33H,4-6,8,13-18,23H2,1-3H3,(H,40,41)(H,42,45). The van der Waals surface area contributed by atoms with Gasteiger partial charge in [-0.1, -0.05) is 42.3 Å². The number of para-hydroxylation sites is 1. The summed E-state index contributed by atoms with van der Waals surface area (Å²) >= 11 is 0. The summed E-state index contributed by atoms with van der Waals surface area (Å²) in [6.07, 6.45) is 4.53. The highest BCUT2D eigenvalue weighted by molar-refractivity contribution is 5.95. The molecule has 1 amide bonds. The third kappa shape index (κ3) is 8.68. The number of amides is 1. The molecule has 3 aromatic rings. The number of nitrogens with one attached hydrogen (secondary N) is 2. The number of nitrogens with zero attached hydrogens (tertiary/aromatic N) is 3. The summed E-state index contributed by atoms with van der Waals surface area (Å²) in [5.74, 6) is -0.258. The number of aliphatic imine (C=N–C) groups is 1. The molecule has 3 aliphatic heterocycles. The number of hydrogen-bond donors (Lipinski definition) is 2. The van der Waals surface area contributed by atoms with Crippen molar-refractivity contribution in [3.05, 3.63) is 94.2 Å². The summed E-state index contributed by atoms with van der Waals surface area (Å²) in [7, 11) is 0. The maximum atomic E-state index is 15.2. The number of anilines is 1. The van der Waals surface area contributed by atoms with E-state index in [0.717, 1.165) is 48.3 Å². The highest BCUT2D eigenvalue weighted by Crippen LogP contribution is 2.31. The Morgan fingerprint density at radius 1 is 1.04 bits per heavy atom. The lowest BCUT2D eigenvalue weighted by molar-refractivity contribution is -0.215. The van der Waals surface area contributed by atoms with Crippen molar-refractivity contribution in [3.8, 4) is 17.2 Å². The van der Waals surface area contributed by atoms with Crippen molar-refractivity contribution >= 4 is 17.7 Å². The minimum absolute atomic E-state index is 0.0388. The van der Waals surface area contributed by atoms with Crippen LogP contribution in [0, 0.1) is 26.6 Å². The highest BCUT2D eigenvalue weighted by Gasteiger charge is 2.30. The summed E-state index contributed by atoms with van der Waals surface area (Å²) in [5, 5.41) is 5.81. The molecule has 6 rings (SSSR count). The van der Waals surface area contributed by atoms with Crippen LogP contribution >= 0.6 is 0 Å². The SMILES string of the molecule is Cc1cc(C)c(OC(=O)NC2C=C(F)N=C(Nc3ccc(OCCCN4CCCCC4)c(F)c3)N2Cc2cccc3c2OOCC3)c(C)c1. The van der Waals surface area contributed by atoms with Crippen LogP contribution < -0.4 is 25.0 Å². The Kier molecular flexibility index (Phi) is 10.9. The molecular weight excluding hydrogens is 632 g/mol. The Labute approximate surface area is 285 Å². The molecule has 0 bridgehead atoms. The molecule has 1 atom stereocenters. The van der Waals surface area contributed by atoms with Gasteiger partial charge < -0.3 is 29.5 Å². The van der Waals surface area contributed by atoms with E-state index >= 15 is 8.78 Å². The number of carbonyl (C=O) groups is 1. The van der Waals surface area contributed by atoms with Crippen LogP contribution in [0.4, 0.5) is 19.3 Å². The quantitative estimate of drug-likeness (QED) is 0.134. The zero-order chi connectivity index (χ0) is 34.3. The van der Waals surface area contributed by atoms with Crippen LogP contribution in [-0.4, -0.2) is 60.9 Å². The Balaban J connectivity index is 1.19. The molecule has 1 fully saturated rings. The van der Waals surface area contributed by atoms with E-state index in [0.29, 0.717) is 42.4 Å². The van der Waals surface area contributed by atoms with Crippen LogP contribution in [0.2, 0.25) is 0 Å². The minimum atomic E-state index is -1.04. The molecule has 0 radical (unpaired) electrons. The molecule has 10 nitrogen and oxygen atoms in total. The number of fused-ring (bicyclic) bond motifs is 1. The minimum Gasteiger partial charge on any atom is -0.490 e. The number of rotatable bonds is 10. The normalized spacial score (nSPS) is 17.7. The van der Waals surface area contributed by atoms with E-state index in [1.54, 1.807) is 11.0 Å². The molecule has 0 aromatic heterocycles. The molecule has 3 heterocycles. The second kappa shape index (κ2) is 15.7. The van der Waals surface area contributed by atoms with Crippen molar-refractivity contribution < 1.29 is 32.8 Å². The van der Waals surface area contributed by atoms with Gasteiger partial charge >= 0.3 is 6.09 Å². The van der Waals surface area contributed by atoms with Gasteiger partial charge in [0.1, 0.15) is 11.9 Å². The average molecular weight is 676 g/mol. The van der Waals surface area contributed by atoms with E-state index < -0.39 is 24.0 Å². The van der Waals surface area contributed by atoms with Crippen molar-refractivity contribution in [3.63, 3.8) is 0 Å². The van der Waals surface area contributed by atoms with Gasteiger partial charge in [0.25, 0.3) is 0 Å². The summed E-state index contributed by atoms with van der Waals surface area (Å²) in [4.78, 5) is 32.2. The number of guanidine groups is 1. The van der Waals surface area contributed by atoms with Crippen molar-refractivity contribution in [2.24, 2.45) is 4.99 Å². The van der Waals surface area contributed by atoms with Crippen LogP contribution in [0.3, 0.4) is 0 Å². The molecule has 3 aromatic carbocycles. The van der Waals surface area contributed by atoms with E-state index in [4.69, 9.17) is 19.2 Å². The van der Waals surface area contributed by atoms with Gasteiger partial charge in [0.05, 0.1) is 19.8 Å². The first kappa shape index (κ1) is 34.2. The first-order valence-electron chi connectivity index (χ1n) is 16.8. The van der Waals surface area contributed by atoms with Crippen molar-refractivity contribution in [2.75, 3.05) is 38.2 Å². The molecule has 3 aliphatic rings. The lowest BCUT2D eigenvalue weighted by Gasteiger charge is -2.35. The Morgan fingerprint density at radius 3 is 2.61 bits per heavy atom. The number of piperidine rings is 1. The maximum absolute atomic E-state index is 15.2. The van der Waals surface area contributed by atoms with E-state index in [9.17, 15) is 4.79 Å². The molecule has 0 spiro atoms. The summed E-state index contributed by atoms with van der Waals surface area (Å²) < 4.78 is 41.8. The van der Waals surface area contributed by atoms with Crippen LogP contribution in [-0.2, 0) is 17.9 Å². The van der Waals surface area contributed by atoms with Gasteiger partial charge in [0.2, 0.25) is 11.9 Å². The van der Waals surface area contributed by atoms with E-state index in [1.165, 1.54) is 37.5 Å². The van der Waals surface area contributed by atoms with Gasteiger partial charge in [0, 0.05) is 41.9 Å². The fraction of sp³-hybridized carbons (Fsp3) is 0.405. The Hall–Kier alpha value is -4.68. The van der Waals surface area contributed by atoms with Crippen molar-refractivity contribution in [1.82, 2.24) is 15.1 Å². The van der Waals surface area contributed by atoms with Crippen LogP contribution in [0.15, 0.2) is 65.6 Å². The number of benzene rings is 3. The van der Waals surface area contributed by atoms with Crippen LogP contribution in [0.5, 0.6) is 17.2 Å². The van der Waals surface area contributed by atoms with E-state index in [-0.39, 0.29) is 18.3 Å². The van der Waals surface area contributed by atoms with Gasteiger partial charge in [-0.2, -0.15) is 14.3 Å². The van der Waals surface area contributed by atoms with Gasteiger partial charge in [-0.05, 0) is 76.4 Å². The van der Waals surface area contributed by atoms with Crippen LogP contribution in [0.1, 0.15) is 53.5 Å². The van der Waals surface area contributed by atoms with Gasteiger partial charge in [-0.25, -0.2) is 9.18 Å². The van der Waals surface area contributed by atoms with Crippen molar-refractivity contribution in [2.45, 2.75) is 65.6 Å². The summed E-state index contributed by atoms with van der Waals surface area (Å²) in [5.41, 5.74) is 4.62. The first-order chi connectivity index (χ1) is 23.7. The number of aryl methyl sites for hydroxylation is 3. The fourth-order valence-electron chi connectivity index (χ4n) is 6.50. The number of halogens is 2. The predicted octanol–water partition coefficient (Wildman–Crippen LogP) is 7.08. The maximum Gasteiger partial charge on any atom is 0.414 e. The second-order valence-corrected chi connectivity index (χ2v) is 12.7. The third-order valence-electron chi connectivity index (χ3n) is 8.81. The molecular formula is C37H43F2N5O5. The molecule has 1 saturated heterocycles. The number of carbonyl (C=O) groups excluding carboxylic acids is 1. The average Bonchev–Trinajstić information content (AvgIpc) is 3.07. The fourth-order valence-corrected chi connectivity index (χ4v) is 6.50. The highest BCUT2D eigenvalue weighted by atomic mass is 19.1. The Morgan fingerprint density at radius 2 is 1.84 bits per heavy atom. The topological polar surface area (TPSA) is 96.9 Å². The van der Waals surface area contributed by atoms with E-state index in [1.807, 2.05) is 51.1 Å². The number of hydrogen-bond acceptors (Lipinski definition) is 9. The third-order valence-corrected chi connectivity index (χ3v) is 8.81. The van der Waals surface area contributed by atoms with Crippen LogP contribution in [0.25, 0.3) is 0 Å². The molecule has 12 heteroatoms. The molecule has 2 N–H and O–H groups in total. The first-order valence-corrected chi connectivity index (χ1v) is 16.8. The molecule has 0 saturated carbocycles. The molecule has 1 unspecified atom stereocenters. The van der Waals surface area contributed by atoms with E-state index in [2.05, 4.69) is 20.5 Å². The molecule has 260 valence electrons. The predicted molar refractivity (Wildman–Crippen MR) is 183 cm³/mol. The lowest BCUT2D eigenvalue weighted by atomic mass is 10.1. The monoisotopic (exact) mass is 675 g/mol. The zero-order valence-corrected chi connectivity index (χ0v) is 28.2. The van der Waals surface area contributed by atoms with Crippen molar-refractivity contribution in [1.29, 1.82) is 0 Å². The molecule has 0 aliphatic carbocycles. The number of likely N-dealkylation sites (tertiary alicyclic amines) is 1. The van der Waals surface area contributed by atoms with Gasteiger partial charge in [-0.15, -0.1) is 0 Å². The largest absolute Gasteiger partial charge is 0.490 e. The van der Waals surface area contributed by atoms with Gasteiger partial charge in [0.15, 0.2) is 17.3 Å². The second-order valence-electron chi connectivity index (χ2n) is 12.7. The zero-order valence-electron chi connectivity index (χ0n) is 28.2. The lowest BCUT2D eigenvalue weighted by Crippen LogP contribution is -2.53.